The van der Waals surface area contributed by atoms with Gasteiger partial charge in [0, 0.05) is 25.7 Å². The van der Waals surface area contributed by atoms with Crippen molar-refractivity contribution in [3.63, 3.8) is 0 Å². The number of nitrogens with zero attached hydrogens (tertiary/aromatic N) is 1. The fourth-order valence-electron chi connectivity index (χ4n) is 3.29. The topological polar surface area (TPSA) is 62.2 Å². The average molecular weight is 374 g/mol. The molecule has 4 nitrogen and oxygen atoms in total. The third kappa shape index (κ3) is 4.71. The number of aromatic nitrogens is 1. The largest absolute Gasteiger partial charge is 0.395 e. The van der Waals surface area contributed by atoms with Gasteiger partial charge in [0.05, 0.1) is 6.61 Å². The van der Waals surface area contributed by atoms with E-state index in [0.29, 0.717) is 25.2 Å². The van der Waals surface area contributed by atoms with Crippen LogP contribution in [-0.2, 0) is 13.0 Å². The van der Waals surface area contributed by atoms with Gasteiger partial charge in [-0.3, -0.25) is 9.78 Å². The first-order chi connectivity index (χ1) is 13.6. The quantitative estimate of drug-likeness (QED) is 0.464. The molecule has 0 saturated heterocycles. The van der Waals surface area contributed by atoms with E-state index in [9.17, 15) is 4.79 Å². The molecule has 0 fully saturated rings. The molecule has 0 aliphatic carbocycles. The SMILES string of the molecule is Cc1cc(C(=O)Cc2cccc(-c3ccccc3)c2C)ncc1CNCCO. The molecule has 0 radical (unpaired) electrons. The molecule has 2 aromatic carbocycles. The van der Waals surface area contributed by atoms with Crippen LogP contribution in [-0.4, -0.2) is 29.0 Å². The number of aliphatic hydroxyl groups is 1. The van der Waals surface area contributed by atoms with Crippen LogP contribution in [0.1, 0.15) is 32.7 Å². The number of hydrogen-bond donors (Lipinski definition) is 2. The number of carbonyl (C=O) groups excluding carboxylic acids is 1. The molecule has 1 aromatic heterocycles. The van der Waals surface area contributed by atoms with Gasteiger partial charge in [-0.05, 0) is 53.3 Å². The minimum Gasteiger partial charge on any atom is -0.395 e. The van der Waals surface area contributed by atoms with E-state index >= 15 is 0 Å². The Labute approximate surface area is 166 Å². The molecule has 0 aliphatic rings. The van der Waals surface area contributed by atoms with Crippen LogP contribution in [0, 0.1) is 13.8 Å². The van der Waals surface area contributed by atoms with Crippen LogP contribution in [0.3, 0.4) is 0 Å². The summed E-state index contributed by atoms with van der Waals surface area (Å²) in [6.07, 6.45) is 2.08. The molecule has 4 heteroatoms. The monoisotopic (exact) mass is 374 g/mol. The van der Waals surface area contributed by atoms with Gasteiger partial charge in [-0.2, -0.15) is 0 Å². The summed E-state index contributed by atoms with van der Waals surface area (Å²) in [6, 6.07) is 18.2. The zero-order valence-corrected chi connectivity index (χ0v) is 16.4. The van der Waals surface area contributed by atoms with Crippen molar-refractivity contribution in [3.05, 3.63) is 88.7 Å². The van der Waals surface area contributed by atoms with E-state index in [1.807, 2.05) is 43.3 Å². The predicted molar refractivity (Wildman–Crippen MR) is 112 cm³/mol. The number of nitrogens with one attached hydrogen (secondary N) is 1. The molecular formula is C24H26N2O2. The van der Waals surface area contributed by atoms with Crippen molar-refractivity contribution in [1.82, 2.24) is 10.3 Å². The van der Waals surface area contributed by atoms with Gasteiger partial charge in [-0.25, -0.2) is 0 Å². The second-order valence-electron chi connectivity index (χ2n) is 6.95. The van der Waals surface area contributed by atoms with E-state index < -0.39 is 0 Å². The highest BCUT2D eigenvalue weighted by Crippen LogP contribution is 2.26. The Morgan fingerprint density at radius 1 is 1.04 bits per heavy atom. The van der Waals surface area contributed by atoms with Crippen molar-refractivity contribution in [1.29, 1.82) is 0 Å². The van der Waals surface area contributed by atoms with Crippen LogP contribution in [0.15, 0.2) is 60.8 Å². The third-order valence-corrected chi connectivity index (χ3v) is 4.99. The van der Waals surface area contributed by atoms with Gasteiger partial charge in [-0.15, -0.1) is 0 Å². The van der Waals surface area contributed by atoms with Crippen LogP contribution in [0.2, 0.25) is 0 Å². The number of carbonyl (C=O) groups is 1. The smallest absolute Gasteiger partial charge is 0.185 e. The normalized spacial score (nSPS) is 10.8. The summed E-state index contributed by atoms with van der Waals surface area (Å²) in [7, 11) is 0. The summed E-state index contributed by atoms with van der Waals surface area (Å²) in [5.74, 6) is 0.0197. The van der Waals surface area contributed by atoms with E-state index in [0.717, 1.165) is 33.4 Å². The van der Waals surface area contributed by atoms with Gasteiger partial charge in [0.15, 0.2) is 5.78 Å². The molecule has 0 bridgehead atoms. The van der Waals surface area contributed by atoms with Gasteiger partial charge >= 0.3 is 0 Å². The summed E-state index contributed by atoms with van der Waals surface area (Å²) in [5, 5.41) is 12.0. The van der Waals surface area contributed by atoms with Gasteiger partial charge in [0.1, 0.15) is 5.69 Å². The van der Waals surface area contributed by atoms with Crippen molar-refractivity contribution < 1.29 is 9.90 Å². The molecule has 0 saturated carbocycles. The van der Waals surface area contributed by atoms with Crippen LogP contribution in [0.5, 0.6) is 0 Å². The second-order valence-corrected chi connectivity index (χ2v) is 6.95. The lowest BCUT2D eigenvalue weighted by Crippen LogP contribution is -2.18. The van der Waals surface area contributed by atoms with Gasteiger partial charge < -0.3 is 10.4 Å². The van der Waals surface area contributed by atoms with Gasteiger partial charge in [0.25, 0.3) is 0 Å². The molecule has 0 atom stereocenters. The average Bonchev–Trinajstić information content (AvgIpc) is 2.71. The Morgan fingerprint density at radius 3 is 2.54 bits per heavy atom. The maximum Gasteiger partial charge on any atom is 0.185 e. The standard InChI is InChI=1S/C24H26N2O2/c1-17-13-23(26-16-21(17)15-25-11-12-27)24(28)14-20-9-6-10-22(18(20)2)19-7-4-3-5-8-19/h3-10,13,16,25,27H,11-12,14-15H2,1-2H3. The van der Waals surface area contributed by atoms with Crippen LogP contribution in [0.4, 0.5) is 0 Å². The second kappa shape index (κ2) is 9.40. The number of pyridine rings is 1. The molecule has 0 unspecified atom stereocenters. The van der Waals surface area contributed by atoms with Crippen molar-refractivity contribution in [2.24, 2.45) is 0 Å². The predicted octanol–water partition coefficient (Wildman–Crippen LogP) is 3.87. The zero-order valence-electron chi connectivity index (χ0n) is 16.4. The molecular weight excluding hydrogens is 348 g/mol. The highest BCUT2D eigenvalue weighted by molar-refractivity contribution is 5.96. The van der Waals surface area contributed by atoms with E-state index in [4.69, 9.17) is 5.11 Å². The minimum atomic E-state index is 0.0197. The number of hydrogen-bond acceptors (Lipinski definition) is 4. The molecule has 144 valence electrons. The molecule has 0 amide bonds. The number of ketones is 1. The molecule has 2 N–H and O–H groups in total. The highest BCUT2D eigenvalue weighted by atomic mass is 16.3. The minimum absolute atomic E-state index is 0.0197. The summed E-state index contributed by atoms with van der Waals surface area (Å²) >= 11 is 0. The fourth-order valence-corrected chi connectivity index (χ4v) is 3.29. The number of Topliss-reactive ketones (excluding diaryl/α,β-unsaturated/α-hetero) is 1. The Morgan fingerprint density at radius 2 is 1.82 bits per heavy atom. The van der Waals surface area contributed by atoms with Crippen molar-refractivity contribution in [2.45, 2.75) is 26.8 Å². The van der Waals surface area contributed by atoms with Crippen LogP contribution in [0.25, 0.3) is 11.1 Å². The Hall–Kier alpha value is -2.82. The summed E-state index contributed by atoms with van der Waals surface area (Å²) in [4.78, 5) is 17.2. The Bertz CT molecular complexity index is 952. The molecule has 3 aromatic rings. The van der Waals surface area contributed by atoms with E-state index in [1.165, 1.54) is 0 Å². The molecule has 0 aliphatic heterocycles. The van der Waals surface area contributed by atoms with Crippen molar-refractivity contribution in [2.75, 3.05) is 13.2 Å². The number of rotatable bonds is 8. The fraction of sp³-hybridized carbons (Fsp3) is 0.250. The Balaban J connectivity index is 1.77. The first-order valence-corrected chi connectivity index (χ1v) is 9.54. The maximum absolute atomic E-state index is 12.8. The zero-order chi connectivity index (χ0) is 19.9. The van der Waals surface area contributed by atoms with Crippen LogP contribution < -0.4 is 5.32 Å². The van der Waals surface area contributed by atoms with Crippen molar-refractivity contribution in [3.8, 4) is 11.1 Å². The number of aliphatic hydroxyl groups excluding tert-OH is 1. The van der Waals surface area contributed by atoms with E-state index in [-0.39, 0.29) is 12.4 Å². The maximum atomic E-state index is 12.8. The lowest BCUT2D eigenvalue weighted by molar-refractivity contribution is 0.0988. The lowest BCUT2D eigenvalue weighted by atomic mass is 9.93. The van der Waals surface area contributed by atoms with Gasteiger partial charge in [0.2, 0.25) is 0 Å². The lowest BCUT2D eigenvalue weighted by Gasteiger charge is -2.12. The Kier molecular flexibility index (Phi) is 6.69. The molecule has 0 spiro atoms. The van der Waals surface area contributed by atoms with Gasteiger partial charge in [-0.1, -0.05) is 48.5 Å². The molecule has 1 heterocycles. The third-order valence-electron chi connectivity index (χ3n) is 4.99. The molecule has 28 heavy (non-hydrogen) atoms. The van der Waals surface area contributed by atoms with Crippen molar-refractivity contribution >= 4 is 5.78 Å². The van der Waals surface area contributed by atoms with E-state index in [2.05, 4.69) is 35.4 Å². The summed E-state index contributed by atoms with van der Waals surface area (Å²) in [6.45, 7) is 5.32. The highest BCUT2D eigenvalue weighted by Gasteiger charge is 2.14. The number of aryl methyl sites for hydroxylation is 1. The van der Waals surface area contributed by atoms with Crippen LogP contribution >= 0.6 is 0 Å². The first kappa shape index (κ1) is 19.9. The number of benzene rings is 2. The summed E-state index contributed by atoms with van der Waals surface area (Å²) < 4.78 is 0. The molecule has 3 rings (SSSR count). The summed E-state index contributed by atoms with van der Waals surface area (Å²) in [5.41, 5.74) is 7.02. The first-order valence-electron chi connectivity index (χ1n) is 9.54. The van der Waals surface area contributed by atoms with E-state index in [1.54, 1.807) is 6.20 Å².